The second-order valence-corrected chi connectivity index (χ2v) is 5.05. The number of hydrogen-bond donors (Lipinski definition) is 0. The smallest absolute Gasteiger partial charge is 0.722 e. The second kappa shape index (κ2) is 6.48. The first-order valence-electron chi connectivity index (χ1n) is 4.72. The van der Waals surface area contributed by atoms with Gasteiger partial charge in [0.15, 0.2) is 5.78 Å². The molecule has 1 saturated carbocycles. The van der Waals surface area contributed by atoms with E-state index >= 15 is 0 Å². The Hall–Kier alpha value is 1.06. The Kier molecular flexibility index (Phi) is 7.77. The van der Waals surface area contributed by atoms with Crippen molar-refractivity contribution in [2.75, 3.05) is 0 Å². The third-order valence-corrected chi connectivity index (χ3v) is 3.17. The van der Waals surface area contributed by atoms with Gasteiger partial charge in [-0.3, -0.25) is 4.79 Å². The van der Waals surface area contributed by atoms with Crippen molar-refractivity contribution < 1.29 is 84.0 Å². The van der Waals surface area contributed by atoms with Gasteiger partial charge in [-0.25, -0.2) is 0 Å². The van der Waals surface area contributed by atoms with Crippen molar-refractivity contribution >= 4 is 11.8 Å². The van der Waals surface area contributed by atoms with Gasteiger partial charge >= 0.3 is 59.1 Å². The zero-order valence-electron chi connectivity index (χ0n) is 11.2. The molecular weight excluding hydrogens is 246 g/mol. The maximum absolute atomic E-state index is 11.8. The molecule has 0 bridgehead atoms. The summed E-state index contributed by atoms with van der Waals surface area (Å²) in [5, 5.41) is 21.1. The topological polar surface area (TPSA) is 89.5 Å². The molecule has 0 unspecified atom stereocenters. The van der Waals surface area contributed by atoms with Crippen molar-refractivity contribution in [1.82, 2.24) is 0 Å². The standard InChI is InChI=1S/C10H16O5.2Na/c1-9(2)5(6(9)8(12)13)7(11)10(3,4)15-14;;/h5-6,14H,1-4H3,(H,12,13);;/q;2*+1/p-2/t5-,6-;;/m0../s1. The Morgan fingerprint density at radius 2 is 1.59 bits per heavy atom. The fourth-order valence-electron chi connectivity index (χ4n) is 1.98. The Morgan fingerprint density at radius 1 is 1.18 bits per heavy atom. The summed E-state index contributed by atoms with van der Waals surface area (Å²) in [5.74, 6) is -3.23. The largest absolute Gasteiger partial charge is 1.00 e. The number of hydrogen-bond acceptors (Lipinski definition) is 5. The van der Waals surface area contributed by atoms with E-state index in [2.05, 4.69) is 4.89 Å². The van der Waals surface area contributed by atoms with Crippen LogP contribution in [0.4, 0.5) is 0 Å². The minimum atomic E-state index is -1.48. The first-order chi connectivity index (χ1) is 6.66. The number of rotatable bonds is 4. The Balaban J connectivity index is 0. The number of Topliss-reactive ketones (excluding diaryl/α,β-unsaturated/α-hetero) is 1. The van der Waals surface area contributed by atoms with Crippen LogP contribution in [0.2, 0.25) is 0 Å². The quantitative estimate of drug-likeness (QED) is 0.284. The van der Waals surface area contributed by atoms with Crippen LogP contribution in [0.5, 0.6) is 0 Å². The molecule has 0 radical (unpaired) electrons. The van der Waals surface area contributed by atoms with Gasteiger partial charge in [0.1, 0.15) is 5.60 Å². The molecule has 0 heterocycles. The van der Waals surface area contributed by atoms with E-state index in [0.29, 0.717) is 0 Å². The van der Waals surface area contributed by atoms with Crippen LogP contribution in [0, 0.1) is 17.3 Å². The van der Waals surface area contributed by atoms with Gasteiger partial charge in [-0.1, -0.05) is 13.8 Å². The molecule has 0 spiro atoms. The van der Waals surface area contributed by atoms with Crippen LogP contribution in [-0.4, -0.2) is 17.4 Å². The number of carbonyl (C=O) groups excluding carboxylic acids is 2. The maximum Gasteiger partial charge on any atom is 1.00 e. The van der Waals surface area contributed by atoms with E-state index in [1.54, 1.807) is 13.8 Å². The van der Waals surface area contributed by atoms with Gasteiger partial charge in [-0.2, -0.15) is 0 Å². The van der Waals surface area contributed by atoms with Gasteiger partial charge in [0, 0.05) is 17.8 Å². The van der Waals surface area contributed by atoms with Gasteiger partial charge in [-0.05, 0) is 19.3 Å². The molecule has 2 atom stereocenters. The van der Waals surface area contributed by atoms with E-state index in [9.17, 15) is 20.0 Å². The first kappa shape index (κ1) is 20.4. The van der Waals surface area contributed by atoms with Gasteiger partial charge in [0.05, 0.1) is 0 Å². The molecule has 0 aromatic heterocycles. The van der Waals surface area contributed by atoms with Crippen molar-refractivity contribution in [3.05, 3.63) is 0 Å². The van der Waals surface area contributed by atoms with Crippen LogP contribution >= 0.6 is 0 Å². The van der Waals surface area contributed by atoms with Crippen LogP contribution in [0.1, 0.15) is 27.7 Å². The molecule has 0 aromatic carbocycles. The average molecular weight is 260 g/mol. The summed E-state index contributed by atoms with van der Waals surface area (Å²) in [6.07, 6.45) is 0. The third-order valence-electron chi connectivity index (χ3n) is 3.17. The van der Waals surface area contributed by atoms with E-state index in [1.165, 1.54) is 13.8 Å². The second-order valence-electron chi connectivity index (χ2n) is 5.05. The number of ketones is 1. The predicted molar refractivity (Wildman–Crippen MR) is 45.9 cm³/mol. The zero-order chi connectivity index (χ0) is 12.0. The number of carbonyl (C=O) groups is 2. The summed E-state index contributed by atoms with van der Waals surface area (Å²) < 4.78 is 0. The first-order valence-corrected chi connectivity index (χ1v) is 4.72. The Labute approximate surface area is 145 Å². The van der Waals surface area contributed by atoms with Gasteiger partial charge < -0.3 is 20.0 Å². The Morgan fingerprint density at radius 3 is 1.82 bits per heavy atom. The van der Waals surface area contributed by atoms with Crippen LogP contribution < -0.4 is 69.5 Å². The molecule has 1 rings (SSSR count). The molecule has 86 valence electrons. The molecule has 1 aliphatic rings. The SMILES string of the molecule is CC(C)(O[O-])C(=O)[C@@H]1[C@@H](C(=O)[O-])C1(C)C.[Na+].[Na+]. The molecule has 0 saturated heterocycles. The van der Waals surface area contributed by atoms with E-state index in [0.717, 1.165) is 0 Å². The summed E-state index contributed by atoms with van der Waals surface area (Å²) in [5.41, 5.74) is -2.13. The van der Waals surface area contributed by atoms with Crippen molar-refractivity contribution in [2.45, 2.75) is 33.3 Å². The van der Waals surface area contributed by atoms with Crippen LogP contribution in [0.3, 0.4) is 0 Å². The van der Waals surface area contributed by atoms with E-state index in [1.807, 2.05) is 0 Å². The van der Waals surface area contributed by atoms with E-state index in [4.69, 9.17) is 0 Å². The van der Waals surface area contributed by atoms with Crippen molar-refractivity contribution in [3.63, 3.8) is 0 Å². The summed E-state index contributed by atoms with van der Waals surface area (Å²) in [6.45, 7) is 6.00. The molecule has 17 heavy (non-hydrogen) atoms. The van der Waals surface area contributed by atoms with Gasteiger partial charge in [-0.15, -0.1) is 0 Å². The minimum absolute atomic E-state index is 0. The van der Waals surface area contributed by atoms with Crippen LogP contribution in [-0.2, 0) is 14.5 Å². The fourth-order valence-corrected chi connectivity index (χ4v) is 1.98. The predicted octanol–water partition coefficient (Wildman–Crippen LogP) is -7.34. The molecule has 0 aliphatic heterocycles. The molecule has 1 fully saturated rings. The molecule has 0 aromatic rings. The number of carboxylic acid groups (broad SMARTS) is 1. The number of aliphatic carboxylic acids is 1. The average Bonchev–Trinajstić information content (AvgIpc) is 2.67. The summed E-state index contributed by atoms with van der Waals surface area (Å²) in [4.78, 5) is 26.3. The van der Waals surface area contributed by atoms with Crippen molar-refractivity contribution in [2.24, 2.45) is 17.3 Å². The normalized spacial score (nSPS) is 25.2. The van der Waals surface area contributed by atoms with Crippen LogP contribution in [0.25, 0.3) is 0 Å². The number of carboxylic acids is 1. The summed E-state index contributed by atoms with van der Waals surface area (Å²) in [7, 11) is 0. The monoisotopic (exact) mass is 260 g/mol. The van der Waals surface area contributed by atoms with E-state index < -0.39 is 34.6 Å². The zero-order valence-corrected chi connectivity index (χ0v) is 15.2. The van der Waals surface area contributed by atoms with Crippen LogP contribution in [0.15, 0.2) is 0 Å². The van der Waals surface area contributed by atoms with Gasteiger partial charge in [0.25, 0.3) is 0 Å². The molecule has 0 amide bonds. The summed E-state index contributed by atoms with van der Waals surface area (Å²) >= 11 is 0. The molecule has 0 N–H and O–H groups in total. The molecule has 7 heteroatoms. The van der Waals surface area contributed by atoms with Crippen molar-refractivity contribution in [1.29, 1.82) is 0 Å². The van der Waals surface area contributed by atoms with Crippen molar-refractivity contribution in [3.8, 4) is 0 Å². The summed E-state index contributed by atoms with van der Waals surface area (Å²) in [6, 6.07) is 0. The molecule has 5 nitrogen and oxygen atoms in total. The fraction of sp³-hybridized carbons (Fsp3) is 0.800. The third kappa shape index (κ3) is 3.76. The maximum atomic E-state index is 11.8. The molecule has 1 aliphatic carbocycles. The minimum Gasteiger partial charge on any atom is -0.722 e. The van der Waals surface area contributed by atoms with Gasteiger partial charge in [0.2, 0.25) is 0 Å². The van der Waals surface area contributed by atoms with E-state index in [-0.39, 0.29) is 59.1 Å². The Bertz CT molecular complexity index is 314. The molecular formula is C10H14Na2O5.